The number of hydrogen-bond acceptors (Lipinski definition) is 3. The highest BCUT2D eigenvalue weighted by atomic mass is 16.1. The second-order valence-electron chi connectivity index (χ2n) is 3.01. The first-order valence-corrected chi connectivity index (χ1v) is 5.35. The van der Waals surface area contributed by atoms with Gasteiger partial charge in [0.2, 0.25) is 0 Å². The number of carbonyl (C=O) groups excluding carboxylic acids is 1. The Bertz CT molecular complexity index is 490. The van der Waals surface area contributed by atoms with Crippen LogP contribution < -0.4 is 5.73 Å². The van der Waals surface area contributed by atoms with E-state index < -0.39 is 5.91 Å². The molecular formula is C11H16N4O. The molecule has 5 heteroatoms. The number of H-pyrrole nitrogens is 1. The molecule has 3 N–H and O–H groups in total. The smallest absolute Gasteiger partial charge is 0.269 e. The van der Waals surface area contributed by atoms with Crippen LogP contribution >= 0.6 is 0 Å². The molecule has 0 aliphatic carbocycles. The van der Waals surface area contributed by atoms with Gasteiger partial charge in [-0.2, -0.15) is 5.10 Å². The summed E-state index contributed by atoms with van der Waals surface area (Å²) in [6.45, 7) is 5.97. The average molecular weight is 220 g/mol. The summed E-state index contributed by atoms with van der Waals surface area (Å²) in [5.41, 5.74) is 6.92. The summed E-state index contributed by atoms with van der Waals surface area (Å²) < 4.78 is 0. The molecule has 86 valence electrons. The van der Waals surface area contributed by atoms with Gasteiger partial charge in [0.05, 0.1) is 11.7 Å². The van der Waals surface area contributed by atoms with Crippen LogP contribution in [0, 0.1) is 0 Å². The van der Waals surface area contributed by atoms with Crippen molar-refractivity contribution in [1.29, 1.82) is 0 Å². The fourth-order valence-corrected chi connectivity index (χ4v) is 1.37. The monoisotopic (exact) mass is 220 g/mol. The van der Waals surface area contributed by atoms with E-state index in [0.717, 1.165) is 17.5 Å². The standard InChI is InChI=1S/C9H10N4O.C2H6/c1-2-6-3-5-4-11-13-7(5)8(12-6)9(10)14;1-2/h3-4H,2H2,1H3,(H2,10,14)(H,11,13);1-2H3. The lowest BCUT2D eigenvalue weighted by Crippen LogP contribution is -2.14. The summed E-state index contributed by atoms with van der Waals surface area (Å²) in [7, 11) is 0. The zero-order valence-electron chi connectivity index (χ0n) is 9.74. The van der Waals surface area contributed by atoms with Crippen molar-refractivity contribution in [3.8, 4) is 0 Å². The Morgan fingerprint density at radius 3 is 2.75 bits per heavy atom. The molecule has 0 fully saturated rings. The van der Waals surface area contributed by atoms with Crippen molar-refractivity contribution in [3.63, 3.8) is 0 Å². The van der Waals surface area contributed by atoms with Gasteiger partial charge in [0.1, 0.15) is 0 Å². The summed E-state index contributed by atoms with van der Waals surface area (Å²) in [5.74, 6) is -0.533. The van der Waals surface area contributed by atoms with E-state index in [1.54, 1.807) is 6.20 Å². The molecule has 0 aliphatic heterocycles. The molecule has 5 nitrogen and oxygen atoms in total. The Labute approximate surface area is 94.1 Å². The van der Waals surface area contributed by atoms with E-state index in [2.05, 4.69) is 15.2 Å². The summed E-state index contributed by atoms with van der Waals surface area (Å²) >= 11 is 0. The van der Waals surface area contributed by atoms with Crippen LogP contribution in [0.2, 0.25) is 0 Å². The number of aromatic amines is 1. The Hall–Kier alpha value is -1.91. The fraction of sp³-hybridized carbons (Fsp3) is 0.364. The first kappa shape index (κ1) is 12.2. The lowest BCUT2D eigenvalue weighted by Gasteiger charge is -2.00. The van der Waals surface area contributed by atoms with E-state index >= 15 is 0 Å². The molecule has 0 unspecified atom stereocenters. The average Bonchev–Trinajstić information content (AvgIpc) is 2.77. The van der Waals surface area contributed by atoms with Gasteiger partial charge in [0.15, 0.2) is 5.69 Å². The topological polar surface area (TPSA) is 84.7 Å². The molecule has 0 aromatic carbocycles. The van der Waals surface area contributed by atoms with E-state index in [1.807, 2.05) is 26.8 Å². The van der Waals surface area contributed by atoms with Crippen molar-refractivity contribution in [3.05, 3.63) is 23.7 Å². The minimum Gasteiger partial charge on any atom is -0.364 e. The van der Waals surface area contributed by atoms with E-state index in [0.29, 0.717) is 5.52 Å². The third-order valence-corrected chi connectivity index (χ3v) is 2.08. The third-order valence-electron chi connectivity index (χ3n) is 2.08. The molecule has 1 amide bonds. The number of nitrogens with one attached hydrogen (secondary N) is 1. The third kappa shape index (κ3) is 2.18. The van der Waals surface area contributed by atoms with Gasteiger partial charge in [-0.1, -0.05) is 20.8 Å². The molecule has 0 saturated heterocycles. The van der Waals surface area contributed by atoms with Crippen LogP contribution in [-0.4, -0.2) is 21.1 Å². The molecule has 0 spiro atoms. The highest BCUT2D eigenvalue weighted by Crippen LogP contribution is 2.15. The minimum atomic E-state index is -0.533. The molecule has 0 atom stereocenters. The maximum absolute atomic E-state index is 11.1. The number of hydrogen-bond donors (Lipinski definition) is 2. The largest absolute Gasteiger partial charge is 0.364 e. The van der Waals surface area contributed by atoms with Crippen molar-refractivity contribution >= 4 is 16.8 Å². The van der Waals surface area contributed by atoms with Gasteiger partial charge >= 0.3 is 0 Å². The molecule has 0 saturated carbocycles. The molecule has 0 aliphatic rings. The van der Waals surface area contributed by atoms with E-state index in [-0.39, 0.29) is 5.69 Å². The van der Waals surface area contributed by atoms with E-state index in [1.165, 1.54) is 0 Å². The number of aromatic nitrogens is 3. The number of nitrogens with two attached hydrogens (primary N) is 1. The lowest BCUT2D eigenvalue weighted by atomic mass is 10.2. The van der Waals surface area contributed by atoms with Crippen LogP contribution in [0.3, 0.4) is 0 Å². The normalized spacial score (nSPS) is 9.69. The van der Waals surface area contributed by atoms with Crippen LogP contribution in [0.1, 0.15) is 37.0 Å². The SMILES string of the molecule is CC.CCc1cc2cn[nH]c2c(C(N)=O)n1. The van der Waals surface area contributed by atoms with Crippen LogP contribution in [0.25, 0.3) is 10.9 Å². The van der Waals surface area contributed by atoms with Crippen molar-refractivity contribution < 1.29 is 4.79 Å². The van der Waals surface area contributed by atoms with Gasteiger partial charge in [-0.3, -0.25) is 9.89 Å². The summed E-state index contributed by atoms with van der Waals surface area (Å²) in [6.07, 6.45) is 2.42. The van der Waals surface area contributed by atoms with Crippen LogP contribution in [0.5, 0.6) is 0 Å². The molecule has 2 heterocycles. The van der Waals surface area contributed by atoms with Gasteiger partial charge in [0.25, 0.3) is 5.91 Å². The summed E-state index contributed by atoms with van der Waals surface area (Å²) in [6, 6.07) is 1.89. The van der Waals surface area contributed by atoms with Gasteiger partial charge < -0.3 is 5.73 Å². The fourth-order valence-electron chi connectivity index (χ4n) is 1.37. The van der Waals surface area contributed by atoms with Gasteiger partial charge in [0, 0.05) is 11.1 Å². The van der Waals surface area contributed by atoms with Crippen LogP contribution in [0.15, 0.2) is 12.3 Å². The number of nitrogens with zero attached hydrogens (tertiary/aromatic N) is 2. The van der Waals surface area contributed by atoms with Gasteiger partial charge in [-0.15, -0.1) is 0 Å². The highest BCUT2D eigenvalue weighted by Gasteiger charge is 2.11. The Morgan fingerprint density at radius 1 is 1.50 bits per heavy atom. The number of carbonyl (C=O) groups is 1. The Morgan fingerprint density at radius 2 is 2.19 bits per heavy atom. The molecule has 0 radical (unpaired) electrons. The number of rotatable bonds is 2. The van der Waals surface area contributed by atoms with Crippen molar-refractivity contribution in [2.24, 2.45) is 5.73 Å². The zero-order valence-corrected chi connectivity index (χ0v) is 9.74. The first-order valence-electron chi connectivity index (χ1n) is 5.35. The highest BCUT2D eigenvalue weighted by molar-refractivity contribution is 6.02. The van der Waals surface area contributed by atoms with Crippen LogP contribution in [0.4, 0.5) is 0 Å². The molecule has 0 bridgehead atoms. The number of aryl methyl sites for hydroxylation is 1. The molecule has 16 heavy (non-hydrogen) atoms. The molecular weight excluding hydrogens is 204 g/mol. The maximum atomic E-state index is 11.1. The van der Waals surface area contributed by atoms with Gasteiger partial charge in [-0.05, 0) is 12.5 Å². The maximum Gasteiger partial charge on any atom is 0.269 e. The predicted molar refractivity (Wildman–Crippen MR) is 63.1 cm³/mol. The van der Waals surface area contributed by atoms with Crippen molar-refractivity contribution in [1.82, 2.24) is 15.2 Å². The van der Waals surface area contributed by atoms with Gasteiger partial charge in [-0.25, -0.2) is 4.98 Å². The number of pyridine rings is 1. The first-order chi connectivity index (χ1) is 7.72. The number of primary amides is 1. The number of amides is 1. The lowest BCUT2D eigenvalue weighted by molar-refractivity contribution is 0.0997. The number of fused-ring (bicyclic) bond motifs is 1. The van der Waals surface area contributed by atoms with Crippen molar-refractivity contribution in [2.45, 2.75) is 27.2 Å². The molecule has 2 aromatic rings. The predicted octanol–water partition coefficient (Wildman–Crippen LogP) is 1.65. The second kappa shape index (κ2) is 5.25. The quantitative estimate of drug-likeness (QED) is 0.806. The minimum absolute atomic E-state index is 0.261. The van der Waals surface area contributed by atoms with Crippen molar-refractivity contribution in [2.75, 3.05) is 0 Å². The molecule has 2 rings (SSSR count). The summed E-state index contributed by atoms with van der Waals surface area (Å²) in [5, 5.41) is 7.42. The van der Waals surface area contributed by atoms with E-state index in [9.17, 15) is 4.79 Å². The van der Waals surface area contributed by atoms with Crippen LogP contribution in [-0.2, 0) is 6.42 Å². The second-order valence-corrected chi connectivity index (χ2v) is 3.01. The molecule has 2 aromatic heterocycles. The summed E-state index contributed by atoms with van der Waals surface area (Å²) in [4.78, 5) is 15.2. The van der Waals surface area contributed by atoms with E-state index in [4.69, 9.17) is 5.73 Å². The Balaban J connectivity index is 0.000000606. The Kier molecular flexibility index (Phi) is 3.99. The zero-order chi connectivity index (χ0) is 12.1.